The molecule has 0 unspecified atom stereocenters. The van der Waals surface area contributed by atoms with Gasteiger partial charge >= 0.3 is 5.63 Å². The molecule has 0 saturated heterocycles. The van der Waals surface area contributed by atoms with E-state index >= 15 is 0 Å². The van der Waals surface area contributed by atoms with E-state index < -0.39 is 5.63 Å². The number of methoxy groups -OCH3 is 1. The van der Waals surface area contributed by atoms with Gasteiger partial charge in [0.25, 0.3) is 0 Å². The number of ether oxygens (including phenoxy) is 1. The molecular formula is C19H18O4S. The number of hydrogen-bond acceptors (Lipinski definition) is 5. The van der Waals surface area contributed by atoms with Gasteiger partial charge in [-0.2, -0.15) is 0 Å². The van der Waals surface area contributed by atoms with Crippen LogP contribution in [0.1, 0.15) is 18.1 Å². The number of thioether (sulfide) groups is 1. The Bertz CT molecular complexity index is 913. The highest BCUT2D eigenvalue weighted by Crippen LogP contribution is 2.31. The van der Waals surface area contributed by atoms with Crippen molar-refractivity contribution in [2.45, 2.75) is 24.0 Å². The van der Waals surface area contributed by atoms with E-state index in [1.807, 2.05) is 37.3 Å². The molecule has 2 aromatic carbocycles. The number of hydrogen-bond donors (Lipinski definition) is 1. The van der Waals surface area contributed by atoms with Gasteiger partial charge in [-0.1, -0.05) is 6.92 Å². The minimum absolute atomic E-state index is 0.160. The highest BCUT2D eigenvalue weighted by atomic mass is 32.2. The van der Waals surface area contributed by atoms with Crippen LogP contribution in [0.2, 0.25) is 0 Å². The standard InChI is InChI=1S/C19H18O4S/c1-3-12-8-16-13(9-19(21)23-18(16)10-17(12)20)11-24-15-6-4-14(22-2)5-7-15/h4-10,20H,3,11H2,1-2H3. The van der Waals surface area contributed by atoms with Gasteiger partial charge in [-0.25, -0.2) is 4.79 Å². The molecule has 3 rings (SSSR count). The van der Waals surface area contributed by atoms with Gasteiger partial charge in [0.05, 0.1) is 7.11 Å². The summed E-state index contributed by atoms with van der Waals surface area (Å²) in [5, 5.41) is 10.8. The Morgan fingerprint density at radius 3 is 2.54 bits per heavy atom. The molecule has 5 heteroatoms. The van der Waals surface area contributed by atoms with Crippen molar-refractivity contribution < 1.29 is 14.3 Å². The summed E-state index contributed by atoms with van der Waals surface area (Å²) in [6, 6.07) is 12.7. The van der Waals surface area contributed by atoms with Crippen LogP contribution in [0.5, 0.6) is 11.5 Å². The van der Waals surface area contributed by atoms with Crippen molar-refractivity contribution in [3.05, 3.63) is 64.0 Å². The Labute approximate surface area is 144 Å². The third kappa shape index (κ3) is 3.41. The number of benzene rings is 2. The quantitative estimate of drug-likeness (QED) is 0.551. The van der Waals surface area contributed by atoms with Crippen LogP contribution in [0, 0.1) is 0 Å². The molecule has 1 N–H and O–H groups in total. The second-order valence-electron chi connectivity index (χ2n) is 5.39. The minimum atomic E-state index is -0.406. The Morgan fingerprint density at radius 2 is 1.88 bits per heavy atom. The largest absolute Gasteiger partial charge is 0.508 e. The van der Waals surface area contributed by atoms with Crippen molar-refractivity contribution in [2.24, 2.45) is 0 Å². The van der Waals surface area contributed by atoms with Crippen molar-refractivity contribution in [2.75, 3.05) is 7.11 Å². The lowest BCUT2D eigenvalue weighted by Crippen LogP contribution is -2.00. The van der Waals surface area contributed by atoms with Crippen LogP contribution >= 0.6 is 11.8 Å². The molecule has 0 aliphatic carbocycles. The molecule has 4 nitrogen and oxygen atoms in total. The Morgan fingerprint density at radius 1 is 1.12 bits per heavy atom. The Balaban J connectivity index is 1.94. The van der Waals surface area contributed by atoms with Gasteiger partial charge < -0.3 is 14.3 Å². The summed E-state index contributed by atoms with van der Waals surface area (Å²) in [4.78, 5) is 12.9. The van der Waals surface area contributed by atoms with E-state index in [4.69, 9.17) is 9.15 Å². The molecule has 0 spiro atoms. The van der Waals surface area contributed by atoms with Crippen LogP contribution in [0.25, 0.3) is 11.0 Å². The first-order chi connectivity index (χ1) is 11.6. The van der Waals surface area contributed by atoms with Crippen LogP contribution in [-0.4, -0.2) is 12.2 Å². The van der Waals surface area contributed by atoms with E-state index in [0.29, 0.717) is 17.8 Å². The number of phenolic OH excluding ortho intramolecular Hbond substituents is 1. The fourth-order valence-electron chi connectivity index (χ4n) is 2.54. The third-order valence-corrected chi connectivity index (χ3v) is 4.92. The SMILES string of the molecule is CCc1cc2c(CSc3ccc(OC)cc3)cc(=O)oc2cc1O. The molecule has 24 heavy (non-hydrogen) atoms. The second kappa shape index (κ2) is 7.01. The lowest BCUT2D eigenvalue weighted by Gasteiger charge is -2.09. The fraction of sp³-hybridized carbons (Fsp3) is 0.211. The van der Waals surface area contributed by atoms with Gasteiger partial charge in [0.15, 0.2) is 0 Å². The maximum Gasteiger partial charge on any atom is 0.336 e. The highest BCUT2D eigenvalue weighted by molar-refractivity contribution is 7.98. The van der Waals surface area contributed by atoms with Gasteiger partial charge in [-0.05, 0) is 47.9 Å². The normalized spacial score (nSPS) is 10.9. The molecule has 0 aliphatic rings. The molecule has 0 atom stereocenters. The van der Waals surface area contributed by atoms with E-state index in [1.54, 1.807) is 18.9 Å². The molecule has 124 valence electrons. The van der Waals surface area contributed by atoms with Crippen molar-refractivity contribution in [1.82, 2.24) is 0 Å². The summed E-state index contributed by atoms with van der Waals surface area (Å²) in [6.07, 6.45) is 0.714. The maximum absolute atomic E-state index is 11.8. The zero-order valence-electron chi connectivity index (χ0n) is 13.5. The van der Waals surface area contributed by atoms with Crippen LogP contribution in [-0.2, 0) is 12.2 Å². The van der Waals surface area contributed by atoms with E-state index in [2.05, 4.69) is 0 Å². The molecule has 0 fully saturated rings. The lowest BCUT2D eigenvalue weighted by atomic mass is 10.1. The molecule has 1 heterocycles. The van der Waals surface area contributed by atoms with Crippen molar-refractivity contribution in [3.63, 3.8) is 0 Å². The predicted octanol–water partition coefficient (Wildman–Crippen LogP) is 4.36. The van der Waals surface area contributed by atoms with Crippen LogP contribution in [0.4, 0.5) is 0 Å². The number of aromatic hydroxyl groups is 1. The first kappa shape index (κ1) is 16.5. The number of fused-ring (bicyclic) bond motifs is 1. The topological polar surface area (TPSA) is 59.7 Å². The summed E-state index contributed by atoms with van der Waals surface area (Å²) >= 11 is 1.64. The molecule has 0 radical (unpaired) electrons. The average Bonchev–Trinajstić information content (AvgIpc) is 2.59. The monoisotopic (exact) mass is 342 g/mol. The molecule has 1 aromatic heterocycles. The highest BCUT2D eigenvalue weighted by Gasteiger charge is 2.10. The summed E-state index contributed by atoms with van der Waals surface area (Å²) in [7, 11) is 1.64. The van der Waals surface area contributed by atoms with Gasteiger partial charge in [0, 0.05) is 28.2 Å². The van der Waals surface area contributed by atoms with Gasteiger partial charge in [-0.15, -0.1) is 11.8 Å². The molecule has 0 saturated carbocycles. The third-order valence-electron chi connectivity index (χ3n) is 3.86. The zero-order chi connectivity index (χ0) is 17.1. The lowest BCUT2D eigenvalue weighted by molar-refractivity contribution is 0.414. The second-order valence-corrected chi connectivity index (χ2v) is 6.43. The predicted molar refractivity (Wildman–Crippen MR) is 96.1 cm³/mol. The minimum Gasteiger partial charge on any atom is -0.508 e. The number of phenols is 1. The number of aryl methyl sites for hydroxylation is 1. The average molecular weight is 342 g/mol. The van der Waals surface area contributed by atoms with E-state index in [0.717, 1.165) is 27.2 Å². The maximum atomic E-state index is 11.8. The van der Waals surface area contributed by atoms with Crippen molar-refractivity contribution in [3.8, 4) is 11.5 Å². The van der Waals surface area contributed by atoms with Crippen LogP contribution < -0.4 is 10.4 Å². The van der Waals surface area contributed by atoms with E-state index in [9.17, 15) is 9.90 Å². The molecule has 0 aliphatic heterocycles. The van der Waals surface area contributed by atoms with Gasteiger partial charge in [0.2, 0.25) is 0 Å². The summed E-state index contributed by atoms with van der Waals surface area (Å²) in [5.74, 6) is 1.61. The number of rotatable bonds is 5. The van der Waals surface area contributed by atoms with Crippen molar-refractivity contribution >= 4 is 22.7 Å². The summed E-state index contributed by atoms with van der Waals surface area (Å²) < 4.78 is 10.4. The first-order valence-corrected chi connectivity index (χ1v) is 8.64. The zero-order valence-corrected chi connectivity index (χ0v) is 14.4. The van der Waals surface area contributed by atoms with Crippen molar-refractivity contribution in [1.29, 1.82) is 0 Å². The first-order valence-electron chi connectivity index (χ1n) is 7.66. The molecular weight excluding hydrogens is 324 g/mol. The smallest absolute Gasteiger partial charge is 0.336 e. The van der Waals surface area contributed by atoms with Crippen LogP contribution in [0.15, 0.2) is 56.6 Å². The molecule has 3 aromatic rings. The summed E-state index contributed by atoms with van der Waals surface area (Å²) in [5.41, 5.74) is 1.75. The molecule has 0 bridgehead atoms. The van der Waals surface area contributed by atoms with Crippen LogP contribution in [0.3, 0.4) is 0 Å². The summed E-state index contributed by atoms with van der Waals surface area (Å²) in [6.45, 7) is 1.98. The Hall–Kier alpha value is -2.40. The van der Waals surface area contributed by atoms with E-state index in [1.165, 1.54) is 12.1 Å². The van der Waals surface area contributed by atoms with E-state index in [-0.39, 0.29) is 5.75 Å². The molecule has 0 amide bonds. The fourth-order valence-corrected chi connectivity index (χ4v) is 3.43. The van der Waals surface area contributed by atoms with Gasteiger partial charge in [0.1, 0.15) is 17.1 Å². The Kier molecular flexibility index (Phi) is 4.81. The van der Waals surface area contributed by atoms with Gasteiger partial charge in [-0.3, -0.25) is 0 Å².